The highest BCUT2D eigenvalue weighted by atomic mass is 16.5. The molecular weight excluding hydrogens is 354 g/mol. The molecule has 7 heteroatoms. The van der Waals surface area contributed by atoms with Gasteiger partial charge >= 0.3 is 0 Å². The van der Waals surface area contributed by atoms with Crippen molar-refractivity contribution in [3.63, 3.8) is 0 Å². The Balaban J connectivity index is 1.30. The van der Waals surface area contributed by atoms with Crippen LogP contribution in [0.25, 0.3) is 16.9 Å². The summed E-state index contributed by atoms with van der Waals surface area (Å²) in [5.74, 6) is 0.702. The molecule has 2 atom stereocenters. The third kappa shape index (κ3) is 3.11. The van der Waals surface area contributed by atoms with E-state index in [9.17, 15) is 5.11 Å². The first-order valence-electron chi connectivity index (χ1n) is 9.71. The van der Waals surface area contributed by atoms with E-state index in [2.05, 4.69) is 27.1 Å². The zero-order chi connectivity index (χ0) is 19.1. The molecule has 2 aromatic heterocycles. The van der Waals surface area contributed by atoms with Crippen LogP contribution in [0.2, 0.25) is 0 Å². The number of phenolic OH excluding ortho intramolecular Hbond substituents is 1. The molecule has 5 rings (SSSR count). The van der Waals surface area contributed by atoms with Crippen LogP contribution in [0.15, 0.2) is 49.1 Å². The number of hydrogen-bond acceptors (Lipinski definition) is 6. The Morgan fingerprint density at radius 3 is 2.54 bits per heavy atom. The van der Waals surface area contributed by atoms with Crippen molar-refractivity contribution in [2.45, 2.75) is 43.9 Å². The molecule has 28 heavy (non-hydrogen) atoms. The maximum absolute atomic E-state index is 10.4. The molecule has 2 bridgehead atoms. The summed E-state index contributed by atoms with van der Waals surface area (Å²) in [5, 5.41) is 18.9. The second-order valence-electron chi connectivity index (χ2n) is 7.69. The first-order chi connectivity index (χ1) is 13.7. The van der Waals surface area contributed by atoms with E-state index in [1.54, 1.807) is 18.6 Å². The van der Waals surface area contributed by atoms with Gasteiger partial charge in [0.25, 0.3) is 0 Å². The number of rotatable bonds is 4. The molecule has 4 heterocycles. The number of piperidine rings is 1. The fraction of sp³-hybridized carbons (Fsp3) is 0.381. The van der Waals surface area contributed by atoms with Gasteiger partial charge in [-0.25, -0.2) is 4.98 Å². The number of nitrogens with zero attached hydrogens (tertiary/aromatic N) is 5. The van der Waals surface area contributed by atoms with Crippen molar-refractivity contribution in [3.05, 3.63) is 49.1 Å². The van der Waals surface area contributed by atoms with E-state index >= 15 is 0 Å². The fourth-order valence-electron chi connectivity index (χ4n) is 4.46. The highest BCUT2D eigenvalue weighted by Gasteiger charge is 2.39. The topological polar surface area (TPSA) is 76.3 Å². The molecule has 1 N–H and O–H groups in total. The Kier molecular flexibility index (Phi) is 4.24. The van der Waals surface area contributed by atoms with Crippen molar-refractivity contribution >= 4 is 0 Å². The number of benzene rings is 1. The summed E-state index contributed by atoms with van der Waals surface area (Å²) in [5.41, 5.74) is 2.09. The Labute approximate surface area is 163 Å². The zero-order valence-corrected chi connectivity index (χ0v) is 15.8. The number of aromatic nitrogens is 4. The molecule has 2 aliphatic heterocycles. The van der Waals surface area contributed by atoms with Gasteiger partial charge in [0.1, 0.15) is 11.9 Å². The predicted molar refractivity (Wildman–Crippen MR) is 104 cm³/mol. The average Bonchev–Trinajstić information content (AvgIpc) is 3.29. The maximum Gasteiger partial charge on any atom is 0.233 e. The highest BCUT2D eigenvalue weighted by Crippen LogP contribution is 2.36. The molecule has 2 aliphatic rings. The van der Waals surface area contributed by atoms with E-state index in [1.807, 2.05) is 35.0 Å². The van der Waals surface area contributed by atoms with Gasteiger partial charge in [0, 0.05) is 42.2 Å². The number of fused-ring (bicyclic) bond motifs is 2. The summed E-state index contributed by atoms with van der Waals surface area (Å²) >= 11 is 0. The Morgan fingerprint density at radius 1 is 1.07 bits per heavy atom. The van der Waals surface area contributed by atoms with Crippen molar-refractivity contribution in [1.82, 2.24) is 24.6 Å². The normalized spacial score (nSPS) is 24.4. The lowest BCUT2D eigenvalue weighted by atomic mass is 10.0. The van der Waals surface area contributed by atoms with Gasteiger partial charge < -0.3 is 19.3 Å². The van der Waals surface area contributed by atoms with Crippen LogP contribution in [0.3, 0.4) is 0 Å². The van der Waals surface area contributed by atoms with Gasteiger partial charge in [0.15, 0.2) is 0 Å². The van der Waals surface area contributed by atoms with Gasteiger partial charge in [-0.3, -0.25) is 0 Å². The number of aromatic hydroxyl groups is 1. The first-order valence-corrected chi connectivity index (χ1v) is 9.71. The van der Waals surface area contributed by atoms with Crippen molar-refractivity contribution in [2.75, 3.05) is 7.05 Å². The molecule has 2 unspecified atom stereocenters. The van der Waals surface area contributed by atoms with E-state index in [1.165, 1.54) is 12.8 Å². The van der Waals surface area contributed by atoms with Gasteiger partial charge in [-0.1, -0.05) is 0 Å². The summed E-state index contributed by atoms with van der Waals surface area (Å²) in [7, 11) is 2.22. The lowest BCUT2D eigenvalue weighted by molar-refractivity contribution is 0.0626. The third-order valence-corrected chi connectivity index (χ3v) is 6.04. The molecule has 0 radical (unpaired) electrons. The standard InChI is InChI=1S/C21H23N5O2/c1-25-14-2-3-15(25)11-17(10-14)28-21-7-6-19(23-24-21)18-5-4-16(12-20(18)27)26-9-8-22-13-26/h4-9,12-15,17,27H,2-3,10-11H2,1H3. The van der Waals surface area contributed by atoms with Crippen LogP contribution >= 0.6 is 0 Å². The number of imidazole rings is 1. The van der Waals surface area contributed by atoms with Gasteiger partial charge in [-0.15, -0.1) is 10.2 Å². The van der Waals surface area contributed by atoms with Crippen LogP contribution in [0, 0.1) is 0 Å². The summed E-state index contributed by atoms with van der Waals surface area (Å²) in [6.45, 7) is 0. The van der Waals surface area contributed by atoms with Crippen LogP contribution in [-0.4, -0.2) is 55.0 Å². The van der Waals surface area contributed by atoms with Crippen LogP contribution in [0.5, 0.6) is 11.6 Å². The van der Waals surface area contributed by atoms with E-state index < -0.39 is 0 Å². The van der Waals surface area contributed by atoms with Crippen LogP contribution in [-0.2, 0) is 0 Å². The predicted octanol–water partition coefficient (Wildman–Crippen LogP) is 3.04. The lowest BCUT2D eigenvalue weighted by Crippen LogP contribution is -2.43. The van der Waals surface area contributed by atoms with Gasteiger partial charge in [-0.05, 0) is 50.9 Å². The number of hydrogen-bond donors (Lipinski definition) is 1. The van der Waals surface area contributed by atoms with E-state index in [0.29, 0.717) is 29.2 Å². The molecule has 1 aromatic carbocycles. The van der Waals surface area contributed by atoms with Gasteiger partial charge in [0.2, 0.25) is 5.88 Å². The second-order valence-corrected chi connectivity index (χ2v) is 7.69. The van der Waals surface area contributed by atoms with Crippen molar-refractivity contribution in [3.8, 4) is 28.6 Å². The molecule has 7 nitrogen and oxygen atoms in total. The number of phenols is 1. The smallest absolute Gasteiger partial charge is 0.233 e. The molecule has 0 aliphatic carbocycles. The summed E-state index contributed by atoms with van der Waals surface area (Å²) in [6, 6.07) is 10.4. The zero-order valence-electron chi connectivity index (χ0n) is 15.8. The Hall–Kier alpha value is -2.93. The van der Waals surface area contributed by atoms with Gasteiger partial charge in [0.05, 0.1) is 17.7 Å². The quantitative estimate of drug-likeness (QED) is 0.753. The first kappa shape index (κ1) is 17.2. The van der Waals surface area contributed by atoms with E-state index in [-0.39, 0.29) is 11.9 Å². The summed E-state index contributed by atoms with van der Waals surface area (Å²) in [6.07, 6.45) is 10.0. The van der Waals surface area contributed by atoms with Crippen LogP contribution < -0.4 is 4.74 Å². The van der Waals surface area contributed by atoms with Crippen molar-refractivity contribution in [2.24, 2.45) is 0 Å². The third-order valence-electron chi connectivity index (χ3n) is 6.04. The molecule has 3 aromatic rings. The molecule has 0 amide bonds. The lowest BCUT2D eigenvalue weighted by Gasteiger charge is -2.35. The largest absolute Gasteiger partial charge is 0.507 e. The highest BCUT2D eigenvalue weighted by molar-refractivity contribution is 5.68. The SMILES string of the molecule is CN1C2CCC1CC(Oc1ccc(-c3ccc(-n4ccnc4)cc3O)nn1)C2. The summed E-state index contributed by atoms with van der Waals surface area (Å²) < 4.78 is 7.93. The van der Waals surface area contributed by atoms with Gasteiger partial charge in [-0.2, -0.15) is 0 Å². The molecule has 0 saturated carbocycles. The van der Waals surface area contributed by atoms with E-state index in [4.69, 9.17) is 4.74 Å². The summed E-state index contributed by atoms with van der Waals surface area (Å²) in [4.78, 5) is 6.52. The minimum Gasteiger partial charge on any atom is -0.507 e. The molecule has 2 saturated heterocycles. The maximum atomic E-state index is 10.4. The average molecular weight is 377 g/mol. The second kappa shape index (κ2) is 6.91. The van der Waals surface area contributed by atoms with Crippen LogP contribution in [0.1, 0.15) is 25.7 Å². The Morgan fingerprint density at radius 2 is 1.89 bits per heavy atom. The van der Waals surface area contributed by atoms with Crippen molar-refractivity contribution < 1.29 is 9.84 Å². The number of ether oxygens (including phenoxy) is 1. The fourth-order valence-corrected chi connectivity index (χ4v) is 4.46. The Bertz CT molecular complexity index is 943. The molecule has 0 spiro atoms. The monoisotopic (exact) mass is 377 g/mol. The van der Waals surface area contributed by atoms with E-state index in [0.717, 1.165) is 18.5 Å². The molecule has 2 fully saturated rings. The minimum atomic E-state index is 0.154. The molecular formula is C21H23N5O2. The molecule has 144 valence electrons. The minimum absolute atomic E-state index is 0.154. The van der Waals surface area contributed by atoms with Crippen molar-refractivity contribution in [1.29, 1.82) is 0 Å². The van der Waals surface area contributed by atoms with Crippen LogP contribution in [0.4, 0.5) is 0 Å².